The van der Waals surface area contributed by atoms with Gasteiger partial charge in [-0.15, -0.1) is 0 Å². The van der Waals surface area contributed by atoms with Gasteiger partial charge in [-0.3, -0.25) is 14.2 Å². The second-order valence-electron chi connectivity index (χ2n) is 5.92. The smallest absolute Gasteiger partial charge is 0.262 e. The summed E-state index contributed by atoms with van der Waals surface area (Å²) in [5, 5.41) is 3.43. The van der Waals surface area contributed by atoms with E-state index in [1.807, 2.05) is 6.92 Å². The molecule has 7 heteroatoms. The zero-order chi connectivity index (χ0) is 17.1. The monoisotopic (exact) mass is 347 g/mol. The molecule has 2 N–H and O–H groups in total. The third-order valence-electron chi connectivity index (χ3n) is 4.34. The predicted molar refractivity (Wildman–Crippen MR) is 95.0 cm³/mol. The molecule has 0 radical (unpaired) electrons. The summed E-state index contributed by atoms with van der Waals surface area (Å²) >= 11 is 5.20. The fourth-order valence-corrected chi connectivity index (χ4v) is 3.33. The summed E-state index contributed by atoms with van der Waals surface area (Å²) in [6, 6.07) is 5.01. The molecule has 2 aromatic rings. The van der Waals surface area contributed by atoms with Gasteiger partial charge in [0.25, 0.3) is 11.5 Å². The molecule has 1 atom stereocenters. The number of benzene rings is 1. The van der Waals surface area contributed by atoms with Crippen LogP contribution in [0, 0.1) is 4.77 Å². The van der Waals surface area contributed by atoms with Gasteiger partial charge < -0.3 is 15.0 Å². The average Bonchev–Trinajstić information content (AvgIpc) is 3.08. The second kappa shape index (κ2) is 7.27. The van der Waals surface area contributed by atoms with Crippen LogP contribution in [0.2, 0.25) is 0 Å². The number of ether oxygens (including phenoxy) is 1. The number of nitrogens with one attached hydrogen (secondary N) is 2. The van der Waals surface area contributed by atoms with Gasteiger partial charge in [-0.05, 0) is 56.6 Å². The first kappa shape index (κ1) is 16.9. The zero-order valence-electron chi connectivity index (χ0n) is 13.6. The van der Waals surface area contributed by atoms with E-state index in [1.165, 1.54) is 4.57 Å². The van der Waals surface area contributed by atoms with E-state index in [0.29, 0.717) is 34.3 Å². The Kier molecular flexibility index (Phi) is 5.11. The molecule has 2 heterocycles. The fraction of sp³-hybridized carbons (Fsp3) is 0.471. The number of nitrogens with zero attached hydrogens (tertiary/aromatic N) is 1. The van der Waals surface area contributed by atoms with Gasteiger partial charge in [0.15, 0.2) is 4.77 Å². The van der Waals surface area contributed by atoms with E-state index in [2.05, 4.69) is 10.3 Å². The molecule has 3 rings (SSSR count). The predicted octanol–water partition coefficient (Wildman–Crippen LogP) is 2.38. The van der Waals surface area contributed by atoms with E-state index in [0.717, 1.165) is 25.9 Å². The minimum atomic E-state index is -0.158. The fourth-order valence-electron chi connectivity index (χ4n) is 3.00. The first-order valence-corrected chi connectivity index (χ1v) is 8.67. The Morgan fingerprint density at radius 2 is 2.33 bits per heavy atom. The number of H-pyrrole nitrogens is 1. The SMILES string of the molecule is CCn1c(=S)[nH]c2cc(C(=O)NCC[C@@H]3CCCO3)ccc2c1=O. The van der Waals surface area contributed by atoms with Crippen molar-refractivity contribution in [3.8, 4) is 0 Å². The zero-order valence-corrected chi connectivity index (χ0v) is 14.4. The van der Waals surface area contributed by atoms with Gasteiger partial charge in [-0.2, -0.15) is 0 Å². The minimum Gasteiger partial charge on any atom is -0.378 e. The minimum absolute atomic E-state index is 0.137. The van der Waals surface area contributed by atoms with Crippen LogP contribution < -0.4 is 10.9 Å². The number of rotatable bonds is 5. The largest absolute Gasteiger partial charge is 0.378 e. The number of hydrogen-bond acceptors (Lipinski definition) is 4. The number of fused-ring (bicyclic) bond motifs is 1. The summed E-state index contributed by atoms with van der Waals surface area (Å²) in [6.07, 6.45) is 3.23. The van der Waals surface area contributed by atoms with Crippen LogP contribution in [0.15, 0.2) is 23.0 Å². The summed E-state index contributed by atoms with van der Waals surface area (Å²) in [7, 11) is 0. The number of amides is 1. The Morgan fingerprint density at radius 1 is 1.50 bits per heavy atom. The molecule has 1 aliphatic rings. The third-order valence-corrected chi connectivity index (χ3v) is 4.66. The standard InChI is InChI=1S/C17H21N3O3S/c1-2-20-16(22)13-6-5-11(10-14(13)19-17(20)24)15(21)18-8-7-12-4-3-9-23-12/h5-6,10,12H,2-4,7-9H2,1H3,(H,18,21)(H,19,24)/t12-/m0/s1. The highest BCUT2D eigenvalue weighted by molar-refractivity contribution is 7.71. The van der Waals surface area contributed by atoms with E-state index in [1.54, 1.807) is 18.2 Å². The average molecular weight is 347 g/mol. The van der Waals surface area contributed by atoms with E-state index >= 15 is 0 Å². The first-order chi connectivity index (χ1) is 11.6. The lowest BCUT2D eigenvalue weighted by Gasteiger charge is -2.11. The molecule has 6 nitrogen and oxygen atoms in total. The molecule has 0 saturated carbocycles. The molecule has 1 saturated heterocycles. The van der Waals surface area contributed by atoms with Crippen molar-refractivity contribution in [2.45, 2.75) is 38.8 Å². The van der Waals surface area contributed by atoms with Gasteiger partial charge in [0.2, 0.25) is 0 Å². The van der Waals surface area contributed by atoms with Crippen molar-refractivity contribution < 1.29 is 9.53 Å². The van der Waals surface area contributed by atoms with Crippen molar-refractivity contribution in [2.75, 3.05) is 13.2 Å². The molecule has 1 fully saturated rings. The lowest BCUT2D eigenvalue weighted by atomic mass is 10.1. The number of aromatic amines is 1. The van der Waals surface area contributed by atoms with Crippen LogP contribution >= 0.6 is 12.2 Å². The van der Waals surface area contributed by atoms with Crippen LogP contribution in [-0.4, -0.2) is 34.7 Å². The maximum Gasteiger partial charge on any atom is 0.262 e. The highest BCUT2D eigenvalue weighted by Gasteiger charge is 2.15. The number of hydrogen-bond donors (Lipinski definition) is 2. The molecule has 24 heavy (non-hydrogen) atoms. The van der Waals surface area contributed by atoms with Crippen molar-refractivity contribution in [1.29, 1.82) is 0 Å². The van der Waals surface area contributed by atoms with Crippen LogP contribution in [0.25, 0.3) is 10.9 Å². The van der Waals surface area contributed by atoms with Gasteiger partial charge in [0, 0.05) is 25.3 Å². The number of carbonyl (C=O) groups is 1. The van der Waals surface area contributed by atoms with Gasteiger partial charge in [-0.25, -0.2) is 0 Å². The number of aromatic nitrogens is 2. The van der Waals surface area contributed by atoms with Crippen molar-refractivity contribution >= 4 is 29.0 Å². The lowest BCUT2D eigenvalue weighted by Crippen LogP contribution is -2.27. The van der Waals surface area contributed by atoms with Crippen molar-refractivity contribution in [1.82, 2.24) is 14.9 Å². The molecule has 0 unspecified atom stereocenters. The van der Waals surface area contributed by atoms with Crippen molar-refractivity contribution in [3.05, 3.63) is 38.9 Å². The molecule has 1 aromatic heterocycles. The maximum absolute atomic E-state index is 12.3. The Morgan fingerprint density at radius 3 is 3.04 bits per heavy atom. The highest BCUT2D eigenvalue weighted by Crippen LogP contribution is 2.15. The van der Waals surface area contributed by atoms with Crippen LogP contribution in [0.4, 0.5) is 0 Å². The Hall–Kier alpha value is -1.99. The molecule has 1 amide bonds. The highest BCUT2D eigenvalue weighted by atomic mass is 32.1. The van der Waals surface area contributed by atoms with E-state index in [9.17, 15) is 9.59 Å². The van der Waals surface area contributed by atoms with Crippen LogP contribution in [-0.2, 0) is 11.3 Å². The summed E-state index contributed by atoms with van der Waals surface area (Å²) in [4.78, 5) is 27.6. The van der Waals surface area contributed by atoms with Crippen LogP contribution in [0.1, 0.15) is 36.5 Å². The van der Waals surface area contributed by atoms with Crippen molar-refractivity contribution in [2.24, 2.45) is 0 Å². The Balaban J connectivity index is 1.76. The molecular formula is C17H21N3O3S. The molecule has 0 aliphatic carbocycles. The first-order valence-electron chi connectivity index (χ1n) is 8.27. The van der Waals surface area contributed by atoms with E-state index < -0.39 is 0 Å². The lowest BCUT2D eigenvalue weighted by molar-refractivity contribution is 0.0907. The van der Waals surface area contributed by atoms with E-state index in [-0.39, 0.29) is 17.6 Å². The van der Waals surface area contributed by atoms with Gasteiger partial charge in [0.05, 0.1) is 17.0 Å². The summed E-state index contributed by atoms with van der Waals surface area (Å²) in [6.45, 7) is 3.77. The van der Waals surface area contributed by atoms with Gasteiger partial charge >= 0.3 is 0 Å². The molecule has 128 valence electrons. The maximum atomic E-state index is 12.3. The molecule has 1 aromatic carbocycles. The van der Waals surface area contributed by atoms with Crippen LogP contribution in [0.5, 0.6) is 0 Å². The summed E-state index contributed by atoms with van der Waals surface area (Å²) < 4.78 is 7.41. The van der Waals surface area contributed by atoms with Crippen LogP contribution in [0.3, 0.4) is 0 Å². The quantitative estimate of drug-likeness (QED) is 0.814. The van der Waals surface area contributed by atoms with Crippen molar-refractivity contribution in [3.63, 3.8) is 0 Å². The molecule has 0 spiro atoms. The normalized spacial score (nSPS) is 17.3. The van der Waals surface area contributed by atoms with Gasteiger partial charge in [-0.1, -0.05) is 0 Å². The Bertz CT molecular complexity index is 865. The Labute approximate surface area is 144 Å². The molecular weight excluding hydrogens is 326 g/mol. The third kappa shape index (κ3) is 3.42. The topological polar surface area (TPSA) is 76.1 Å². The molecule has 0 bridgehead atoms. The number of carbonyl (C=O) groups excluding carboxylic acids is 1. The second-order valence-corrected chi connectivity index (χ2v) is 6.31. The summed E-state index contributed by atoms with van der Waals surface area (Å²) in [5.41, 5.74) is 0.956. The van der Waals surface area contributed by atoms with Gasteiger partial charge in [0.1, 0.15) is 0 Å². The summed E-state index contributed by atoms with van der Waals surface area (Å²) in [5.74, 6) is -0.158. The molecule has 1 aliphatic heterocycles. The van der Waals surface area contributed by atoms with E-state index in [4.69, 9.17) is 17.0 Å².